The second-order valence-electron chi connectivity index (χ2n) is 8.72. The van der Waals surface area contributed by atoms with Gasteiger partial charge in [0.05, 0.1) is 16.8 Å². The number of pyridine rings is 1. The van der Waals surface area contributed by atoms with Gasteiger partial charge < -0.3 is 4.90 Å². The molecule has 0 spiro atoms. The van der Waals surface area contributed by atoms with Crippen molar-refractivity contribution in [1.82, 2.24) is 29.6 Å². The number of benzene rings is 1. The van der Waals surface area contributed by atoms with E-state index in [9.17, 15) is 0 Å². The summed E-state index contributed by atoms with van der Waals surface area (Å²) in [6, 6.07) is 14.5. The molecule has 1 aliphatic rings. The van der Waals surface area contributed by atoms with Gasteiger partial charge in [-0.25, -0.2) is 14.6 Å². The average molecular weight is 442 g/mol. The second-order valence-corrected chi connectivity index (χ2v) is 8.72. The first-order valence-corrected chi connectivity index (χ1v) is 11.9. The van der Waals surface area contributed by atoms with Crippen LogP contribution in [-0.2, 0) is 13.0 Å². The zero-order valence-electron chi connectivity index (χ0n) is 19.5. The average Bonchev–Trinajstić information content (AvgIpc) is 3.20. The fraction of sp³-hybridized carbons (Fsp3) is 0.385. The summed E-state index contributed by atoms with van der Waals surface area (Å²) < 4.78 is 1.98. The molecule has 170 valence electrons. The molecule has 0 N–H and O–H groups in total. The predicted molar refractivity (Wildman–Crippen MR) is 132 cm³/mol. The first-order valence-electron chi connectivity index (χ1n) is 11.9. The van der Waals surface area contributed by atoms with E-state index in [4.69, 9.17) is 15.1 Å². The minimum Gasteiger partial charge on any atom is -0.353 e. The van der Waals surface area contributed by atoms with Gasteiger partial charge in [0.1, 0.15) is 11.6 Å². The summed E-state index contributed by atoms with van der Waals surface area (Å²) in [4.78, 5) is 19.1. The van der Waals surface area contributed by atoms with E-state index in [-0.39, 0.29) is 0 Å². The van der Waals surface area contributed by atoms with E-state index >= 15 is 0 Å². The van der Waals surface area contributed by atoms with Crippen LogP contribution in [-0.4, -0.2) is 55.8 Å². The van der Waals surface area contributed by atoms with Crippen LogP contribution in [0.4, 0.5) is 5.82 Å². The van der Waals surface area contributed by atoms with Crippen molar-refractivity contribution >= 4 is 16.9 Å². The standard InChI is InChI=1S/C26H31N7/c1-3-4-10-23-28-25(32-17-15-31(16-18-32)19-21-11-13-27-14-12-21)24-20(2)30-33(26(24)29-23)22-8-6-5-7-9-22/h5-9,11-14H,3-4,10,15-19H2,1-2H3. The maximum atomic E-state index is 5.07. The van der Waals surface area contributed by atoms with Crippen LogP contribution in [0.3, 0.4) is 0 Å². The highest BCUT2D eigenvalue weighted by Gasteiger charge is 2.24. The SMILES string of the molecule is CCCCc1nc(N2CCN(Cc3ccncc3)CC2)c2c(C)nn(-c3ccccc3)c2n1. The van der Waals surface area contributed by atoms with Crippen molar-refractivity contribution in [3.05, 3.63) is 71.9 Å². The van der Waals surface area contributed by atoms with E-state index in [1.54, 1.807) is 0 Å². The Morgan fingerprint density at radius 3 is 2.39 bits per heavy atom. The van der Waals surface area contributed by atoms with E-state index in [1.807, 2.05) is 35.3 Å². The van der Waals surface area contributed by atoms with Gasteiger partial charge >= 0.3 is 0 Å². The highest BCUT2D eigenvalue weighted by atomic mass is 15.3. The molecule has 33 heavy (non-hydrogen) atoms. The van der Waals surface area contributed by atoms with Crippen molar-refractivity contribution in [1.29, 1.82) is 0 Å². The molecule has 4 heterocycles. The Balaban J connectivity index is 1.46. The van der Waals surface area contributed by atoms with Crippen LogP contribution in [0, 0.1) is 6.92 Å². The van der Waals surface area contributed by atoms with Gasteiger partial charge in [0, 0.05) is 51.5 Å². The first kappa shape index (κ1) is 21.5. The van der Waals surface area contributed by atoms with Crippen molar-refractivity contribution in [2.45, 2.75) is 39.7 Å². The minimum atomic E-state index is 0.889. The summed E-state index contributed by atoms with van der Waals surface area (Å²) in [5.74, 6) is 1.95. The molecule has 4 aromatic rings. The summed E-state index contributed by atoms with van der Waals surface area (Å²) in [7, 11) is 0. The Hall–Kier alpha value is -3.32. The lowest BCUT2D eigenvalue weighted by Gasteiger charge is -2.35. The second kappa shape index (κ2) is 9.67. The molecule has 0 unspecified atom stereocenters. The van der Waals surface area contributed by atoms with Crippen LogP contribution in [0.5, 0.6) is 0 Å². The van der Waals surface area contributed by atoms with E-state index in [0.717, 1.165) is 86.0 Å². The summed E-state index contributed by atoms with van der Waals surface area (Å²) in [5, 5.41) is 5.95. The number of anilines is 1. The summed E-state index contributed by atoms with van der Waals surface area (Å²) in [6.07, 6.45) is 6.84. The molecule has 7 nitrogen and oxygen atoms in total. The number of fused-ring (bicyclic) bond motifs is 1. The number of aromatic nitrogens is 5. The number of piperazine rings is 1. The van der Waals surface area contributed by atoms with E-state index in [1.165, 1.54) is 5.56 Å². The normalized spacial score (nSPS) is 14.8. The van der Waals surface area contributed by atoms with Gasteiger partial charge in [-0.05, 0) is 43.2 Å². The summed E-state index contributed by atoms with van der Waals surface area (Å²) in [6.45, 7) is 9.14. The summed E-state index contributed by atoms with van der Waals surface area (Å²) in [5.41, 5.74) is 4.23. The minimum absolute atomic E-state index is 0.889. The molecule has 1 saturated heterocycles. The van der Waals surface area contributed by atoms with Crippen LogP contribution in [0.15, 0.2) is 54.9 Å². The van der Waals surface area contributed by atoms with Crippen molar-refractivity contribution in [3.63, 3.8) is 0 Å². The topological polar surface area (TPSA) is 63.0 Å². The van der Waals surface area contributed by atoms with Crippen LogP contribution in [0.2, 0.25) is 0 Å². The molecule has 1 fully saturated rings. The Morgan fingerprint density at radius 1 is 0.909 bits per heavy atom. The van der Waals surface area contributed by atoms with Crippen LogP contribution < -0.4 is 4.90 Å². The van der Waals surface area contributed by atoms with E-state index in [0.29, 0.717) is 0 Å². The van der Waals surface area contributed by atoms with Gasteiger partial charge in [0.2, 0.25) is 0 Å². The Labute approximate surface area is 195 Å². The number of hydrogen-bond acceptors (Lipinski definition) is 6. The molecule has 3 aromatic heterocycles. The number of aryl methyl sites for hydroxylation is 2. The van der Waals surface area contributed by atoms with Crippen molar-refractivity contribution in [3.8, 4) is 5.69 Å². The van der Waals surface area contributed by atoms with Gasteiger partial charge in [-0.1, -0.05) is 31.5 Å². The zero-order valence-corrected chi connectivity index (χ0v) is 19.5. The van der Waals surface area contributed by atoms with Gasteiger partial charge in [0.15, 0.2) is 5.65 Å². The third-order valence-corrected chi connectivity index (χ3v) is 6.31. The fourth-order valence-electron chi connectivity index (χ4n) is 4.49. The third kappa shape index (κ3) is 4.59. The lowest BCUT2D eigenvalue weighted by molar-refractivity contribution is 0.249. The maximum Gasteiger partial charge on any atom is 0.168 e. The van der Waals surface area contributed by atoms with E-state index in [2.05, 4.69) is 52.9 Å². The van der Waals surface area contributed by atoms with Gasteiger partial charge in [-0.15, -0.1) is 0 Å². The molecular formula is C26H31N7. The number of hydrogen-bond donors (Lipinski definition) is 0. The van der Waals surface area contributed by atoms with Crippen molar-refractivity contribution in [2.75, 3.05) is 31.1 Å². The fourth-order valence-corrected chi connectivity index (χ4v) is 4.49. The number of para-hydroxylation sites is 1. The van der Waals surface area contributed by atoms with Crippen LogP contribution in [0.25, 0.3) is 16.7 Å². The highest BCUT2D eigenvalue weighted by molar-refractivity contribution is 5.91. The molecule has 0 radical (unpaired) electrons. The molecule has 0 amide bonds. The highest BCUT2D eigenvalue weighted by Crippen LogP contribution is 2.30. The molecule has 0 saturated carbocycles. The van der Waals surface area contributed by atoms with Crippen LogP contribution >= 0.6 is 0 Å². The number of rotatable bonds is 7. The molecular weight excluding hydrogens is 410 g/mol. The van der Waals surface area contributed by atoms with Gasteiger partial charge in [-0.3, -0.25) is 9.88 Å². The van der Waals surface area contributed by atoms with Crippen molar-refractivity contribution in [2.24, 2.45) is 0 Å². The van der Waals surface area contributed by atoms with E-state index < -0.39 is 0 Å². The smallest absolute Gasteiger partial charge is 0.168 e. The predicted octanol–water partition coefficient (Wildman–Crippen LogP) is 4.18. The molecule has 1 aromatic carbocycles. The van der Waals surface area contributed by atoms with Gasteiger partial charge in [-0.2, -0.15) is 5.10 Å². The largest absolute Gasteiger partial charge is 0.353 e. The lowest BCUT2D eigenvalue weighted by atomic mass is 10.2. The number of nitrogens with zero attached hydrogens (tertiary/aromatic N) is 7. The van der Waals surface area contributed by atoms with Gasteiger partial charge in [0.25, 0.3) is 0 Å². The Morgan fingerprint density at radius 2 is 1.67 bits per heavy atom. The monoisotopic (exact) mass is 441 g/mol. The number of unbranched alkanes of at least 4 members (excludes halogenated alkanes) is 1. The zero-order chi connectivity index (χ0) is 22.6. The van der Waals surface area contributed by atoms with Crippen LogP contribution in [0.1, 0.15) is 36.8 Å². The molecule has 0 atom stereocenters. The first-order chi connectivity index (χ1) is 16.2. The summed E-state index contributed by atoms with van der Waals surface area (Å²) >= 11 is 0. The molecule has 0 bridgehead atoms. The molecule has 5 rings (SSSR count). The lowest BCUT2D eigenvalue weighted by Crippen LogP contribution is -2.46. The quantitative estimate of drug-likeness (QED) is 0.429. The third-order valence-electron chi connectivity index (χ3n) is 6.31. The molecule has 7 heteroatoms. The maximum absolute atomic E-state index is 5.07. The Bertz CT molecular complexity index is 1200. The molecule has 1 aliphatic heterocycles. The van der Waals surface area contributed by atoms with Crippen molar-refractivity contribution < 1.29 is 0 Å². The Kier molecular flexibility index (Phi) is 6.30. The molecule has 0 aliphatic carbocycles.